The van der Waals surface area contributed by atoms with Crippen LogP contribution in [0.5, 0.6) is 5.75 Å². The lowest BCUT2D eigenvalue weighted by Crippen LogP contribution is -2.66. The first-order valence-electron chi connectivity index (χ1n) is 14.3. The number of carbonyl (C=O) groups is 2. The van der Waals surface area contributed by atoms with Crippen molar-refractivity contribution in [3.63, 3.8) is 0 Å². The molecule has 15 heteroatoms. The topological polar surface area (TPSA) is 113 Å². The van der Waals surface area contributed by atoms with Crippen LogP contribution in [0.3, 0.4) is 0 Å². The van der Waals surface area contributed by atoms with E-state index in [4.69, 9.17) is 16.3 Å². The van der Waals surface area contributed by atoms with Gasteiger partial charge in [-0.25, -0.2) is 18.8 Å². The monoisotopic (exact) mass is 690 g/mol. The van der Waals surface area contributed by atoms with Crippen LogP contribution in [-0.2, 0) is 11.4 Å². The first kappa shape index (κ1) is 33.9. The number of fused-ring (bicyclic) bond motifs is 1. The Hall–Kier alpha value is -4.45. The van der Waals surface area contributed by atoms with Gasteiger partial charge in [0.15, 0.2) is 6.04 Å². The highest BCUT2D eigenvalue weighted by atomic mass is 35.5. The van der Waals surface area contributed by atoms with E-state index in [0.29, 0.717) is 42.9 Å². The third kappa shape index (κ3) is 7.27. The third-order valence-corrected chi connectivity index (χ3v) is 9.10. The van der Waals surface area contributed by atoms with Crippen LogP contribution in [0.2, 0.25) is 5.02 Å². The molecule has 9 nitrogen and oxygen atoms in total. The van der Waals surface area contributed by atoms with Gasteiger partial charge in [-0.2, -0.15) is 18.0 Å². The fourth-order valence-corrected chi connectivity index (χ4v) is 6.67. The zero-order valence-electron chi connectivity index (χ0n) is 25.3. The maximum atomic E-state index is 13.5. The predicted molar refractivity (Wildman–Crippen MR) is 169 cm³/mol. The number of alkyl halides is 3. The summed E-state index contributed by atoms with van der Waals surface area (Å²) < 4.78 is 57.5. The Balaban J connectivity index is 1.37. The standard InChI is InChI=1S/C32H28ClF4N5O4S/c1-31(2,3)42(30(44)45)15-21(41-29(43)32(35,36)37)12-22(42)8-9-23-14-24-27(38-17-39-28(24)47-23)40-20-7-10-26(25(33)13-20)46-16-18-5-4-6-19(34)11-18/h4-7,10-11,13-14,17,21-22H,12,15-16H2,1-3H3,(H2-,38,39,40,41,43,44,45)/p+1/t21-,22+,42?/m1/s1. The molecule has 1 fully saturated rings. The van der Waals surface area contributed by atoms with Gasteiger partial charge >= 0.3 is 18.2 Å². The minimum Gasteiger partial charge on any atom is -0.487 e. The molecule has 3 atom stereocenters. The number of aromatic nitrogens is 2. The molecule has 5 rings (SSSR count). The molecular weight excluding hydrogens is 662 g/mol. The summed E-state index contributed by atoms with van der Waals surface area (Å²) in [4.78, 5) is 34.1. The van der Waals surface area contributed by atoms with Gasteiger partial charge < -0.3 is 20.5 Å². The first-order chi connectivity index (χ1) is 22.1. The van der Waals surface area contributed by atoms with Gasteiger partial charge in [0.05, 0.1) is 21.3 Å². The predicted octanol–water partition coefficient (Wildman–Crippen LogP) is 7.27. The van der Waals surface area contributed by atoms with Gasteiger partial charge in [-0.3, -0.25) is 4.79 Å². The molecule has 47 heavy (non-hydrogen) atoms. The average Bonchev–Trinajstić information content (AvgIpc) is 3.57. The summed E-state index contributed by atoms with van der Waals surface area (Å²) in [6.07, 6.45) is -5.07. The Kier molecular flexibility index (Phi) is 9.36. The number of amides is 2. The molecule has 1 aliphatic heterocycles. The summed E-state index contributed by atoms with van der Waals surface area (Å²) in [5.74, 6) is 4.35. The largest absolute Gasteiger partial charge is 0.515 e. The van der Waals surface area contributed by atoms with Crippen molar-refractivity contribution in [2.24, 2.45) is 0 Å². The van der Waals surface area contributed by atoms with E-state index < -0.39 is 40.3 Å². The number of quaternary nitrogens is 1. The second kappa shape index (κ2) is 13.0. The third-order valence-electron chi connectivity index (χ3n) is 7.85. The lowest BCUT2D eigenvalue weighted by Gasteiger charge is -2.43. The molecule has 2 aromatic carbocycles. The van der Waals surface area contributed by atoms with Crippen LogP contribution in [0, 0.1) is 17.7 Å². The van der Waals surface area contributed by atoms with E-state index in [2.05, 4.69) is 27.1 Å². The number of carboxylic acid groups (broad SMARTS) is 1. The molecule has 4 aromatic rings. The normalized spacial score (nSPS) is 19.6. The number of carbonyl (C=O) groups excluding carboxylic acids is 1. The minimum atomic E-state index is -5.10. The van der Waals surface area contributed by atoms with Crippen molar-refractivity contribution >= 4 is 56.7 Å². The van der Waals surface area contributed by atoms with Crippen molar-refractivity contribution in [1.29, 1.82) is 0 Å². The number of ether oxygens (including phenoxy) is 1. The zero-order chi connectivity index (χ0) is 34.1. The molecule has 3 N–H and O–H groups in total. The lowest BCUT2D eigenvalue weighted by molar-refractivity contribution is -0.907. The van der Waals surface area contributed by atoms with Gasteiger partial charge in [0.1, 0.15) is 47.2 Å². The number of rotatable bonds is 6. The molecule has 2 amide bonds. The Bertz CT molecular complexity index is 1900. The van der Waals surface area contributed by atoms with Crippen molar-refractivity contribution < 1.29 is 41.5 Å². The number of halogens is 5. The van der Waals surface area contributed by atoms with E-state index in [1.54, 1.807) is 57.2 Å². The molecule has 0 radical (unpaired) electrons. The smallest absolute Gasteiger partial charge is 0.487 e. The molecule has 0 saturated carbocycles. The van der Waals surface area contributed by atoms with Crippen molar-refractivity contribution in [2.75, 3.05) is 11.9 Å². The number of benzene rings is 2. The summed E-state index contributed by atoms with van der Waals surface area (Å²) in [5, 5.41) is 16.4. The maximum Gasteiger partial charge on any atom is 0.515 e. The Labute approximate surface area is 276 Å². The Morgan fingerprint density at radius 1 is 1.15 bits per heavy atom. The number of nitrogens with one attached hydrogen (secondary N) is 2. The van der Waals surface area contributed by atoms with Gasteiger partial charge in [-0.1, -0.05) is 23.7 Å². The van der Waals surface area contributed by atoms with Gasteiger partial charge in [0.2, 0.25) is 0 Å². The summed E-state index contributed by atoms with van der Waals surface area (Å²) >= 11 is 7.68. The molecule has 2 aromatic heterocycles. The fourth-order valence-electron chi connectivity index (χ4n) is 5.57. The summed E-state index contributed by atoms with van der Waals surface area (Å²) in [6, 6.07) is 10.9. The highest BCUT2D eigenvalue weighted by Gasteiger charge is 2.60. The van der Waals surface area contributed by atoms with Gasteiger partial charge in [0.25, 0.3) is 0 Å². The van der Waals surface area contributed by atoms with Crippen molar-refractivity contribution in [3.05, 3.63) is 76.1 Å². The second-order valence-electron chi connectivity index (χ2n) is 11.9. The van der Waals surface area contributed by atoms with Crippen LogP contribution in [-0.4, -0.2) is 61.9 Å². The van der Waals surface area contributed by atoms with E-state index in [1.165, 1.54) is 29.8 Å². The molecule has 1 saturated heterocycles. The van der Waals surface area contributed by atoms with Gasteiger partial charge in [-0.15, -0.1) is 11.3 Å². The van der Waals surface area contributed by atoms with Crippen LogP contribution >= 0.6 is 22.9 Å². The maximum absolute atomic E-state index is 13.5. The summed E-state index contributed by atoms with van der Waals surface area (Å²) in [6.45, 7) is 4.88. The minimum absolute atomic E-state index is 0.0847. The van der Waals surface area contributed by atoms with E-state index >= 15 is 0 Å². The number of anilines is 2. The summed E-state index contributed by atoms with van der Waals surface area (Å²) in [5.41, 5.74) is 0.293. The quantitative estimate of drug-likeness (QED) is 0.111. The number of thiophene rings is 1. The fraction of sp³-hybridized carbons (Fsp3) is 0.312. The van der Waals surface area contributed by atoms with E-state index in [9.17, 15) is 32.3 Å². The molecule has 0 aliphatic carbocycles. The SMILES string of the molecule is CC(C)(C)[N+]1(C(=O)O)C[C@H](NC(=O)C(F)(F)F)C[C@@H]1C#Cc1cc2c(Nc3ccc(OCc4cccc(F)c4)c(Cl)c3)ncnc2s1. The van der Waals surface area contributed by atoms with Crippen LogP contribution < -0.4 is 15.4 Å². The average molecular weight is 691 g/mol. The van der Waals surface area contributed by atoms with Crippen molar-refractivity contribution in [2.45, 2.75) is 57.6 Å². The van der Waals surface area contributed by atoms with E-state index in [-0.39, 0.29) is 25.4 Å². The highest BCUT2D eigenvalue weighted by molar-refractivity contribution is 7.19. The summed E-state index contributed by atoms with van der Waals surface area (Å²) in [7, 11) is 0. The lowest BCUT2D eigenvalue weighted by atomic mass is 10.00. The second-order valence-corrected chi connectivity index (χ2v) is 13.4. The van der Waals surface area contributed by atoms with Crippen molar-refractivity contribution in [3.8, 4) is 17.6 Å². The first-order valence-corrected chi connectivity index (χ1v) is 15.4. The van der Waals surface area contributed by atoms with Crippen molar-refractivity contribution in [1.82, 2.24) is 15.3 Å². The van der Waals surface area contributed by atoms with Gasteiger partial charge in [0, 0.05) is 12.1 Å². The number of nitrogens with zero attached hydrogens (tertiary/aromatic N) is 3. The highest BCUT2D eigenvalue weighted by Crippen LogP contribution is 2.38. The Morgan fingerprint density at radius 3 is 2.57 bits per heavy atom. The molecular formula is C32H29ClF4N5O4S+. The van der Waals surface area contributed by atoms with Crippen LogP contribution in [0.1, 0.15) is 37.6 Å². The zero-order valence-corrected chi connectivity index (χ0v) is 26.9. The molecule has 0 bridgehead atoms. The number of likely N-dealkylation sites (tertiary alicyclic amines) is 1. The molecule has 246 valence electrons. The van der Waals surface area contributed by atoms with Gasteiger partial charge in [-0.05, 0) is 74.6 Å². The molecule has 1 unspecified atom stereocenters. The van der Waals surface area contributed by atoms with Crippen LogP contribution in [0.15, 0.2) is 54.9 Å². The number of hydrogen-bond acceptors (Lipinski definition) is 7. The Morgan fingerprint density at radius 2 is 1.91 bits per heavy atom. The molecule has 1 aliphatic rings. The van der Waals surface area contributed by atoms with E-state index in [1.807, 2.05) is 5.32 Å². The molecule has 0 spiro atoms. The number of hydrogen-bond donors (Lipinski definition) is 3. The van der Waals surface area contributed by atoms with Crippen LogP contribution in [0.4, 0.5) is 33.9 Å². The van der Waals surface area contributed by atoms with Crippen LogP contribution in [0.25, 0.3) is 10.2 Å². The van der Waals surface area contributed by atoms with E-state index in [0.717, 1.165) is 0 Å². The molecule has 3 heterocycles.